The summed E-state index contributed by atoms with van der Waals surface area (Å²) in [6, 6.07) is 10.2. The normalized spacial score (nSPS) is 11.4. The number of aromatic nitrogens is 2. The first kappa shape index (κ1) is 18.6. The molecule has 0 spiro atoms. The maximum atomic E-state index is 13.2. The van der Waals surface area contributed by atoms with Crippen molar-refractivity contribution in [3.05, 3.63) is 71.4 Å². The second kappa shape index (κ2) is 7.56. The number of carbonyl (C=O) groups excluding carboxylic acids is 1. The molecule has 0 saturated heterocycles. The van der Waals surface area contributed by atoms with Crippen molar-refractivity contribution in [2.24, 2.45) is 0 Å². The van der Waals surface area contributed by atoms with Crippen molar-refractivity contribution in [2.75, 3.05) is 0 Å². The Balaban J connectivity index is 1.59. The van der Waals surface area contributed by atoms with Crippen LogP contribution >= 0.6 is 0 Å². The molecule has 0 saturated carbocycles. The second-order valence-corrected chi connectivity index (χ2v) is 5.66. The number of nitrogens with one attached hydrogen (secondary N) is 1. The first-order valence-corrected chi connectivity index (χ1v) is 7.82. The largest absolute Gasteiger partial charge is 0.420 e. The molecule has 1 amide bonds. The summed E-state index contributed by atoms with van der Waals surface area (Å²) in [6.45, 7) is -0.0757. The minimum absolute atomic E-state index is 0.0100. The topological polar surface area (TPSA) is 68.0 Å². The standard InChI is InChI=1S/C18H13F4N3O2/c19-14-6-2-4-12(8-14)17-25-24-16(27-17)9-15(26)23-10-11-3-1-5-13(7-11)18(20,21)22/h1-8H,9-10H2,(H,23,26). The molecule has 0 unspecified atom stereocenters. The smallest absolute Gasteiger partial charge is 0.416 e. The van der Waals surface area contributed by atoms with Crippen LogP contribution in [0.3, 0.4) is 0 Å². The first-order valence-electron chi connectivity index (χ1n) is 7.82. The number of amides is 1. The van der Waals surface area contributed by atoms with E-state index in [4.69, 9.17) is 4.42 Å². The molecule has 0 fully saturated rings. The van der Waals surface area contributed by atoms with Gasteiger partial charge in [0, 0.05) is 12.1 Å². The Morgan fingerprint density at radius 3 is 2.59 bits per heavy atom. The van der Waals surface area contributed by atoms with E-state index in [0.717, 1.165) is 12.1 Å². The SMILES string of the molecule is O=C(Cc1nnc(-c2cccc(F)c2)o1)NCc1cccc(C(F)(F)F)c1. The molecule has 1 aromatic heterocycles. The number of benzene rings is 2. The molecule has 1 N–H and O–H groups in total. The van der Waals surface area contributed by atoms with Gasteiger partial charge >= 0.3 is 6.18 Å². The molecule has 0 aliphatic carbocycles. The highest BCUT2D eigenvalue weighted by atomic mass is 19.4. The summed E-state index contributed by atoms with van der Waals surface area (Å²) < 4.78 is 56.6. The van der Waals surface area contributed by atoms with Crippen molar-refractivity contribution in [1.29, 1.82) is 0 Å². The Hall–Kier alpha value is -3.23. The van der Waals surface area contributed by atoms with Crippen molar-refractivity contribution >= 4 is 5.91 Å². The quantitative estimate of drug-likeness (QED) is 0.686. The lowest BCUT2D eigenvalue weighted by molar-refractivity contribution is -0.137. The first-order chi connectivity index (χ1) is 12.8. The summed E-state index contributed by atoms with van der Waals surface area (Å²) in [4.78, 5) is 11.9. The average Bonchev–Trinajstić information content (AvgIpc) is 3.08. The molecule has 2 aromatic carbocycles. The van der Waals surface area contributed by atoms with E-state index < -0.39 is 23.5 Å². The van der Waals surface area contributed by atoms with Crippen LogP contribution in [0.25, 0.3) is 11.5 Å². The number of rotatable bonds is 5. The molecule has 0 radical (unpaired) electrons. The van der Waals surface area contributed by atoms with Gasteiger partial charge in [-0.05, 0) is 35.9 Å². The number of halogens is 4. The van der Waals surface area contributed by atoms with Gasteiger partial charge in [-0.1, -0.05) is 18.2 Å². The number of alkyl halides is 3. The highest BCUT2D eigenvalue weighted by Gasteiger charge is 2.30. The van der Waals surface area contributed by atoms with Crippen molar-refractivity contribution < 1.29 is 26.8 Å². The number of nitrogens with zero attached hydrogens (tertiary/aromatic N) is 2. The third-order valence-electron chi connectivity index (χ3n) is 3.59. The molecule has 3 rings (SSSR count). The Bertz CT molecular complexity index is 954. The van der Waals surface area contributed by atoms with E-state index in [1.807, 2.05) is 0 Å². The van der Waals surface area contributed by atoms with Gasteiger partial charge in [-0.25, -0.2) is 4.39 Å². The predicted molar refractivity (Wildman–Crippen MR) is 86.7 cm³/mol. The molecule has 0 atom stereocenters. The van der Waals surface area contributed by atoms with E-state index in [0.29, 0.717) is 11.1 Å². The van der Waals surface area contributed by atoms with E-state index in [-0.39, 0.29) is 24.7 Å². The van der Waals surface area contributed by atoms with Crippen LogP contribution in [0, 0.1) is 5.82 Å². The summed E-state index contributed by atoms with van der Waals surface area (Å²) in [7, 11) is 0. The lowest BCUT2D eigenvalue weighted by atomic mass is 10.1. The molecule has 140 valence electrons. The van der Waals surface area contributed by atoms with Crippen molar-refractivity contribution in [1.82, 2.24) is 15.5 Å². The zero-order chi connectivity index (χ0) is 19.4. The Labute approximate surface area is 151 Å². The van der Waals surface area contributed by atoms with E-state index in [9.17, 15) is 22.4 Å². The van der Waals surface area contributed by atoms with Crippen molar-refractivity contribution in [3.8, 4) is 11.5 Å². The van der Waals surface area contributed by atoms with Crippen molar-refractivity contribution in [2.45, 2.75) is 19.1 Å². The van der Waals surface area contributed by atoms with Crippen LogP contribution in [-0.2, 0) is 23.9 Å². The molecule has 1 heterocycles. The molecular formula is C18H13F4N3O2. The Morgan fingerprint density at radius 2 is 1.85 bits per heavy atom. The number of carbonyl (C=O) groups is 1. The summed E-state index contributed by atoms with van der Waals surface area (Å²) in [5.41, 5.74) is -0.104. The molecule has 0 bridgehead atoms. The van der Waals surface area contributed by atoms with E-state index in [1.54, 1.807) is 6.07 Å². The van der Waals surface area contributed by atoms with Crippen molar-refractivity contribution in [3.63, 3.8) is 0 Å². The number of hydrogen-bond donors (Lipinski definition) is 1. The molecule has 9 heteroatoms. The molecule has 0 aliphatic rings. The van der Waals surface area contributed by atoms with Crippen LogP contribution in [0.15, 0.2) is 52.9 Å². The summed E-state index contributed by atoms with van der Waals surface area (Å²) in [5, 5.41) is 9.95. The van der Waals surface area contributed by atoms with Gasteiger partial charge in [-0.2, -0.15) is 13.2 Å². The van der Waals surface area contributed by atoms with Gasteiger partial charge < -0.3 is 9.73 Å². The van der Waals surface area contributed by atoms with Gasteiger partial charge in [0.2, 0.25) is 17.7 Å². The van der Waals surface area contributed by atoms with Crippen LogP contribution in [0.5, 0.6) is 0 Å². The van der Waals surface area contributed by atoms with Crippen LogP contribution < -0.4 is 5.32 Å². The minimum Gasteiger partial charge on any atom is -0.420 e. The lowest BCUT2D eigenvalue weighted by Gasteiger charge is -2.09. The summed E-state index contributed by atoms with van der Waals surface area (Å²) in [6.07, 6.45) is -4.70. The average molecular weight is 379 g/mol. The minimum atomic E-state index is -4.45. The van der Waals surface area contributed by atoms with E-state index >= 15 is 0 Å². The Kier molecular flexibility index (Phi) is 5.20. The fourth-order valence-corrected chi connectivity index (χ4v) is 2.32. The predicted octanol–water partition coefficient (Wildman–Crippen LogP) is 3.75. The van der Waals surface area contributed by atoms with Crippen LogP contribution in [0.4, 0.5) is 17.6 Å². The highest BCUT2D eigenvalue weighted by molar-refractivity contribution is 5.77. The third kappa shape index (κ3) is 4.90. The van der Waals surface area contributed by atoms with E-state index in [1.165, 1.54) is 30.3 Å². The van der Waals surface area contributed by atoms with Crippen LogP contribution in [0.2, 0.25) is 0 Å². The fraction of sp³-hybridized carbons (Fsp3) is 0.167. The Morgan fingerprint density at radius 1 is 1.07 bits per heavy atom. The maximum Gasteiger partial charge on any atom is 0.416 e. The highest BCUT2D eigenvalue weighted by Crippen LogP contribution is 2.29. The summed E-state index contributed by atoms with van der Waals surface area (Å²) >= 11 is 0. The van der Waals surface area contributed by atoms with Crippen LogP contribution in [0.1, 0.15) is 17.0 Å². The van der Waals surface area contributed by atoms with Gasteiger partial charge in [0.15, 0.2) is 0 Å². The van der Waals surface area contributed by atoms with Crippen LogP contribution in [-0.4, -0.2) is 16.1 Å². The monoisotopic (exact) mass is 379 g/mol. The molecule has 5 nitrogen and oxygen atoms in total. The molecule has 27 heavy (non-hydrogen) atoms. The lowest BCUT2D eigenvalue weighted by Crippen LogP contribution is -2.24. The molecule has 3 aromatic rings. The zero-order valence-corrected chi connectivity index (χ0v) is 13.8. The van der Waals surface area contributed by atoms with Gasteiger partial charge in [0.1, 0.15) is 12.2 Å². The number of hydrogen-bond acceptors (Lipinski definition) is 4. The molecule has 0 aliphatic heterocycles. The summed E-state index contributed by atoms with van der Waals surface area (Å²) in [5.74, 6) is -0.890. The third-order valence-corrected chi connectivity index (χ3v) is 3.59. The molecular weight excluding hydrogens is 366 g/mol. The van der Waals surface area contributed by atoms with Gasteiger partial charge in [0.25, 0.3) is 0 Å². The van der Waals surface area contributed by atoms with Gasteiger partial charge in [-0.3, -0.25) is 4.79 Å². The van der Waals surface area contributed by atoms with Gasteiger partial charge in [0.05, 0.1) is 5.56 Å². The van der Waals surface area contributed by atoms with Gasteiger partial charge in [-0.15, -0.1) is 10.2 Å². The second-order valence-electron chi connectivity index (χ2n) is 5.66. The zero-order valence-electron chi connectivity index (χ0n) is 13.8. The van der Waals surface area contributed by atoms with E-state index in [2.05, 4.69) is 15.5 Å². The fourth-order valence-electron chi connectivity index (χ4n) is 2.32. The maximum absolute atomic E-state index is 13.2.